The van der Waals surface area contributed by atoms with Crippen LogP contribution in [-0.4, -0.2) is 14.3 Å². The van der Waals surface area contributed by atoms with E-state index in [0.717, 1.165) is 0 Å². The first-order valence-electron chi connectivity index (χ1n) is 7.37. The average Bonchev–Trinajstić information content (AvgIpc) is 2.73. The first-order chi connectivity index (χ1) is 11.1. The Morgan fingerprint density at radius 3 is 2.58 bits per heavy atom. The Labute approximate surface area is 146 Å². The molecule has 2 aromatic rings. The fourth-order valence-corrected chi connectivity index (χ4v) is 3.96. The van der Waals surface area contributed by atoms with E-state index in [1.807, 2.05) is 0 Å². The van der Waals surface area contributed by atoms with Crippen molar-refractivity contribution in [2.45, 2.75) is 31.1 Å². The monoisotopic (exact) mass is 364 g/mol. The third-order valence-corrected chi connectivity index (χ3v) is 6.08. The van der Waals surface area contributed by atoms with E-state index in [0.29, 0.717) is 27.5 Å². The quantitative estimate of drug-likeness (QED) is 0.872. The van der Waals surface area contributed by atoms with Gasteiger partial charge in [0.2, 0.25) is 5.91 Å². The van der Waals surface area contributed by atoms with Crippen molar-refractivity contribution in [2.24, 2.45) is 0 Å². The van der Waals surface area contributed by atoms with E-state index in [-0.39, 0.29) is 10.8 Å². The Morgan fingerprint density at radius 1 is 1.17 bits per heavy atom. The fraction of sp³-hybridized carbons (Fsp3) is 0.235. The Bertz CT molecular complexity index is 952. The van der Waals surface area contributed by atoms with Crippen molar-refractivity contribution in [3.05, 3.63) is 52.5 Å². The van der Waals surface area contributed by atoms with Crippen molar-refractivity contribution in [2.75, 3.05) is 10.0 Å². The number of carbonyl (C=O) groups excluding carboxylic acids is 1. The highest BCUT2D eigenvalue weighted by Crippen LogP contribution is 2.38. The predicted octanol–water partition coefficient (Wildman–Crippen LogP) is 3.68. The summed E-state index contributed by atoms with van der Waals surface area (Å²) in [6.07, 6.45) is 0. The minimum absolute atomic E-state index is 0.102. The first kappa shape index (κ1) is 16.8. The molecule has 1 amide bonds. The second-order valence-corrected chi connectivity index (χ2v) is 8.39. The van der Waals surface area contributed by atoms with Crippen LogP contribution in [0.3, 0.4) is 0 Å². The number of amides is 1. The van der Waals surface area contributed by atoms with E-state index in [4.69, 9.17) is 11.6 Å². The van der Waals surface area contributed by atoms with Crippen LogP contribution >= 0.6 is 11.6 Å². The molecule has 1 aliphatic heterocycles. The molecule has 5 nitrogen and oxygen atoms in total. The van der Waals surface area contributed by atoms with Gasteiger partial charge < -0.3 is 5.32 Å². The molecule has 0 unspecified atom stereocenters. The molecule has 3 rings (SSSR count). The van der Waals surface area contributed by atoms with E-state index in [1.54, 1.807) is 45.0 Å². The van der Waals surface area contributed by atoms with Gasteiger partial charge in [-0.25, -0.2) is 8.42 Å². The van der Waals surface area contributed by atoms with E-state index in [9.17, 15) is 13.2 Å². The van der Waals surface area contributed by atoms with Gasteiger partial charge in [-0.2, -0.15) is 0 Å². The standard InChI is InChI=1S/C17H17ClN2O3S/c1-10-13(18)5-4-6-14(10)20-24(22,23)11-7-8-15-12(9-11)17(2,3)16(21)19-15/h4-9,20H,1-3H3,(H,19,21). The number of carbonyl (C=O) groups is 1. The van der Waals surface area contributed by atoms with Gasteiger partial charge in [-0.3, -0.25) is 9.52 Å². The van der Waals surface area contributed by atoms with Crippen molar-refractivity contribution in [3.8, 4) is 0 Å². The Hall–Kier alpha value is -2.05. The van der Waals surface area contributed by atoms with Crippen molar-refractivity contribution in [1.82, 2.24) is 0 Å². The molecule has 0 radical (unpaired) electrons. The molecule has 2 N–H and O–H groups in total. The van der Waals surface area contributed by atoms with E-state index in [1.165, 1.54) is 12.1 Å². The number of fused-ring (bicyclic) bond motifs is 1. The topological polar surface area (TPSA) is 75.3 Å². The van der Waals surface area contributed by atoms with Crippen LogP contribution < -0.4 is 10.0 Å². The van der Waals surface area contributed by atoms with Crippen LogP contribution in [0.4, 0.5) is 11.4 Å². The van der Waals surface area contributed by atoms with Crippen LogP contribution in [0, 0.1) is 6.92 Å². The molecule has 1 aliphatic rings. The van der Waals surface area contributed by atoms with Crippen molar-refractivity contribution in [1.29, 1.82) is 0 Å². The van der Waals surface area contributed by atoms with Crippen LogP contribution in [0.1, 0.15) is 25.0 Å². The summed E-state index contributed by atoms with van der Waals surface area (Å²) in [6, 6.07) is 9.66. The lowest BCUT2D eigenvalue weighted by atomic mass is 9.86. The highest BCUT2D eigenvalue weighted by Gasteiger charge is 2.39. The number of benzene rings is 2. The molecule has 2 aromatic carbocycles. The number of anilines is 2. The lowest BCUT2D eigenvalue weighted by molar-refractivity contribution is -0.119. The minimum atomic E-state index is -3.79. The second kappa shape index (κ2) is 5.50. The average molecular weight is 365 g/mol. The zero-order chi connectivity index (χ0) is 17.7. The summed E-state index contributed by atoms with van der Waals surface area (Å²) in [7, 11) is -3.79. The molecule has 0 atom stereocenters. The Balaban J connectivity index is 2.02. The van der Waals surface area contributed by atoms with Gasteiger partial charge >= 0.3 is 0 Å². The summed E-state index contributed by atoms with van der Waals surface area (Å²) >= 11 is 6.04. The number of hydrogen-bond donors (Lipinski definition) is 2. The van der Waals surface area contributed by atoms with Gasteiger partial charge in [0.1, 0.15) is 0 Å². The molecule has 0 aromatic heterocycles. The second-order valence-electron chi connectivity index (χ2n) is 6.30. The van der Waals surface area contributed by atoms with Crippen LogP contribution in [0.15, 0.2) is 41.3 Å². The van der Waals surface area contributed by atoms with Crippen LogP contribution in [0.5, 0.6) is 0 Å². The molecule has 0 fully saturated rings. The van der Waals surface area contributed by atoms with Gasteiger partial charge in [-0.05, 0) is 62.2 Å². The minimum Gasteiger partial charge on any atom is -0.325 e. The molecule has 0 saturated heterocycles. The number of rotatable bonds is 3. The van der Waals surface area contributed by atoms with Gasteiger partial charge in [0.05, 0.1) is 16.0 Å². The van der Waals surface area contributed by atoms with Crippen LogP contribution in [0.25, 0.3) is 0 Å². The molecule has 0 saturated carbocycles. The maximum Gasteiger partial charge on any atom is 0.261 e. The van der Waals surface area contributed by atoms with E-state index >= 15 is 0 Å². The van der Waals surface area contributed by atoms with Crippen LogP contribution in [0.2, 0.25) is 5.02 Å². The van der Waals surface area contributed by atoms with Crippen molar-refractivity contribution >= 4 is 38.9 Å². The normalized spacial score (nSPS) is 15.8. The highest BCUT2D eigenvalue weighted by atomic mass is 35.5. The highest BCUT2D eigenvalue weighted by molar-refractivity contribution is 7.92. The Kier molecular flexibility index (Phi) is 3.85. The van der Waals surface area contributed by atoms with Crippen LogP contribution in [-0.2, 0) is 20.2 Å². The van der Waals surface area contributed by atoms with E-state index in [2.05, 4.69) is 10.0 Å². The fourth-order valence-electron chi connectivity index (χ4n) is 2.64. The third kappa shape index (κ3) is 2.65. The summed E-state index contributed by atoms with van der Waals surface area (Å²) in [4.78, 5) is 12.1. The zero-order valence-corrected chi connectivity index (χ0v) is 15.0. The number of nitrogens with one attached hydrogen (secondary N) is 2. The molecule has 0 aliphatic carbocycles. The zero-order valence-electron chi connectivity index (χ0n) is 13.5. The maximum absolute atomic E-state index is 12.7. The van der Waals surface area contributed by atoms with Gasteiger partial charge in [0, 0.05) is 10.7 Å². The summed E-state index contributed by atoms with van der Waals surface area (Å²) in [5, 5.41) is 3.25. The lowest BCUT2D eigenvalue weighted by Gasteiger charge is -2.16. The molecule has 0 spiro atoms. The SMILES string of the molecule is Cc1c(Cl)cccc1NS(=O)(=O)c1ccc2c(c1)C(C)(C)C(=O)N2. The smallest absolute Gasteiger partial charge is 0.261 e. The van der Waals surface area contributed by atoms with Gasteiger partial charge in [0.25, 0.3) is 10.0 Å². The molecular weight excluding hydrogens is 348 g/mol. The largest absolute Gasteiger partial charge is 0.325 e. The summed E-state index contributed by atoms with van der Waals surface area (Å²) in [6.45, 7) is 5.27. The van der Waals surface area contributed by atoms with Gasteiger partial charge in [0.15, 0.2) is 0 Å². The maximum atomic E-state index is 12.7. The van der Waals surface area contributed by atoms with Crippen molar-refractivity contribution < 1.29 is 13.2 Å². The molecule has 126 valence electrons. The molecule has 24 heavy (non-hydrogen) atoms. The lowest BCUT2D eigenvalue weighted by Crippen LogP contribution is -2.27. The molecule has 0 bridgehead atoms. The number of sulfonamides is 1. The third-order valence-electron chi connectivity index (χ3n) is 4.30. The molecule has 7 heteroatoms. The number of hydrogen-bond acceptors (Lipinski definition) is 3. The van der Waals surface area contributed by atoms with Gasteiger partial charge in [-0.1, -0.05) is 17.7 Å². The molecular formula is C17H17ClN2O3S. The summed E-state index contributed by atoms with van der Waals surface area (Å²) < 4.78 is 28.0. The van der Waals surface area contributed by atoms with Crippen molar-refractivity contribution in [3.63, 3.8) is 0 Å². The summed E-state index contributed by atoms with van der Waals surface area (Å²) in [5.41, 5.74) is 1.62. The predicted molar refractivity (Wildman–Crippen MR) is 95.1 cm³/mol. The number of halogens is 1. The van der Waals surface area contributed by atoms with E-state index < -0.39 is 15.4 Å². The first-order valence-corrected chi connectivity index (χ1v) is 9.23. The Morgan fingerprint density at radius 2 is 1.88 bits per heavy atom. The van der Waals surface area contributed by atoms with Gasteiger partial charge in [-0.15, -0.1) is 0 Å². The summed E-state index contributed by atoms with van der Waals surface area (Å²) in [5.74, 6) is -0.148. The molecule has 1 heterocycles.